The fourth-order valence-corrected chi connectivity index (χ4v) is 2.65. The predicted molar refractivity (Wildman–Crippen MR) is 72.8 cm³/mol. The fraction of sp³-hybridized carbons (Fsp3) is 0.600. The maximum Gasteiger partial charge on any atom is 0.205 e. The predicted octanol–water partition coefficient (Wildman–Crippen LogP) is 2.60. The average molecular weight is 249 g/mol. The van der Waals surface area contributed by atoms with Gasteiger partial charge in [0.15, 0.2) is 0 Å². The summed E-state index contributed by atoms with van der Waals surface area (Å²) in [6.07, 6.45) is 1.59. The van der Waals surface area contributed by atoms with E-state index in [0.29, 0.717) is 0 Å². The lowest BCUT2D eigenvalue weighted by atomic mass is 9.99. The minimum absolute atomic E-state index is 0.0827. The van der Waals surface area contributed by atoms with Crippen molar-refractivity contribution < 1.29 is 9.84 Å². The molecule has 1 aromatic rings. The zero-order valence-corrected chi connectivity index (χ0v) is 11.3. The molecule has 1 aliphatic heterocycles. The van der Waals surface area contributed by atoms with Gasteiger partial charge in [-0.05, 0) is 32.0 Å². The first-order valence-corrected chi connectivity index (χ1v) is 6.92. The number of aliphatic hydroxyl groups excluding tert-OH is 1. The van der Waals surface area contributed by atoms with Gasteiger partial charge in [0.05, 0.1) is 5.92 Å². The lowest BCUT2D eigenvalue weighted by Crippen LogP contribution is -2.34. The number of aliphatic hydroxyl groups is 1. The Morgan fingerprint density at radius 3 is 2.50 bits per heavy atom. The van der Waals surface area contributed by atoms with Crippen LogP contribution in [-0.4, -0.2) is 35.9 Å². The second kappa shape index (κ2) is 6.21. The van der Waals surface area contributed by atoms with E-state index >= 15 is 0 Å². The van der Waals surface area contributed by atoms with Crippen LogP contribution in [0.5, 0.6) is 5.75 Å². The minimum atomic E-state index is -0.696. The number of rotatable bonds is 6. The lowest BCUT2D eigenvalue weighted by Gasteiger charge is -2.25. The van der Waals surface area contributed by atoms with Gasteiger partial charge in [0.1, 0.15) is 5.75 Å². The van der Waals surface area contributed by atoms with Gasteiger partial charge in [-0.1, -0.05) is 32.0 Å². The first-order chi connectivity index (χ1) is 8.76. The fourth-order valence-electron chi connectivity index (χ4n) is 2.65. The Bertz CT molecular complexity index is 375. The van der Waals surface area contributed by atoms with E-state index in [0.717, 1.165) is 43.8 Å². The molecule has 0 radical (unpaired) electrons. The number of benzene rings is 1. The van der Waals surface area contributed by atoms with Crippen molar-refractivity contribution in [3.05, 3.63) is 29.8 Å². The van der Waals surface area contributed by atoms with Crippen LogP contribution in [0.15, 0.2) is 24.3 Å². The molecule has 18 heavy (non-hydrogen) atoms. The van der Waals surface area contributed by atoms with E-state index in [4.69, 9.17) is 4.74 Å². The largest absolute Gasteiger partial charge is 0.464 e. The Kier molecular flexibility index (Phi) is 4.61. The molecule has 0 saturated heterocycles. The summed E-state index contributed by atoms with van der Waals surface area (Å²) in [7, 11) is 0. The molecule has 2 rings (SSSR count). The number of nitrogens with zero attached hydrogens (tertiary/aromatic N) is 1. The van der Waals surface area contributed by atoms with E-state index in [-0.39, 0.29) is 5.92 Å². The summed E-state index contributed by atoms with van der Waals surface area (Å²) in [4.78, 5) is 2.42. The van der Waals surface area contributed by atoms with Gasteiger partial charge in [0.25, 0.3) is 0 Å². The first-order valence-electron chi connectivity index (χ1n) is 6.92. The van der Waals surface area contributed by atoms with Crippen LogP contribution in [0, 0.1) is 0 Å². The second-order valence-corrected chi connectivity index (χ2v) is 4.95. The van der Waals surface area contributed by atoms with Gasteiger partial charge in [0.2, 0.25) is 6.29 Å². The molecule has 1 aromatic carbocycles. The number of hydrogen-bond acceptors (Lipinski definition) is 3. The molecule has 0 spiro atoms. The van der Waals surface area contributed by atoms with Gasteiger partial charge in [-0.15, -0.1) is 0 Å². The summed E-state index contributed by atoms with van der Waals surface area (Å²) in [5.74, 6) is 0.919. The maximum absolute atomic E-state index is 10.0. The molecule has 3 heteroatoms. The molecule has 0 aliphatic carbocycles. The zero-order valence-electron chi connectivity index (χ0n) is 11.3. The molecule has 0 bridgehead atoms. The van der Waals surface area contributed by atoms with E-state index in [2.05, 4.69) is 24.8 Å². The summed E-state index contributed by atoms with van der Waals surface area (Å²) >= 11 is 0. The molecule has 3 nitrogen and oxygen atoms in total. The van der Waals surface area contributed by atoms with Crippen molar-refractivity contribution >= 4 is 0 Å². The Labute approximate surface area is 109 Å². The second-order valence-electron chi connectivity index (χ2n) is 4.95. The highest BCUT2D eigenvalue weighted by molar-refractivity contribution is 5.40. The molecular formula is C15H23NO2. The number of fused-ring (bicyclic) bond motifs is 1. The lowest BCUT2D eigenvalue weighted by molar-refractivity contribution is -0.0253. The first kappa shape index (κ1) is 13.4. The molecule has 0 saturated carbocycles. The van der Waals surface area contributed by atoms with Crippen LogP contribution in [0.4, 0.5) is 0 Å². The third-order valence-corrected chi connectivity index (χ3v) is 3.44. The van der Waals surface area contributed by atoms with E-state index in [1.807, 2.05) is 18.2 Å². The SMILES string of the molecule is CCCN(CCC)CC1c2ccccc2OC1O. The third kappa shape index (κ3) is 2.85. The molecule has 0 aromatic heterocycles. The van der Waals surface area contributed by atoms with Crippen molar-refractivity contribution in [3.63, 3.8) is 0 Å². The summed E-state index contributed by atoms with van der Waals surface area (Å²) < 4.78 is 5.51. The quantitative estimate of drug-likeness (QED) is 0.841. The molecule has 1 heterocycles. The molecule has 1 aliphatic rings. The monoisotopic (exact) mass is 249 g/mol. The molecule has 2 atom stereocenters. The molecule has 100 valence electrons. The summed E-state index contributed by atoms with van der Waals surface area (Å²) in [6.45, 7) is 7.43. The smallest absolute Gasteiger partial charge is 0.205 e. The van der Waals surface area contributed by atoms with Gasteiger partial charge < -0.3 is 14.7 Å². The topological polar surface area (TPSA) is 32.7 Å². The maximum atomic E-state index is 10.0. The van der Waals surface area contributed by atoms with Crippen LogP contribution in [0.3, 0.4) is 0 Å². The van der Waals surface area contributed by atoms with Gasteiger partial charge in [-0.3, -0.25) is 0 Å². The highest BCUT2D eigenvalue weighted by Gasteiger charge is 2.33. The average Bonchev–Trinajstić information content (AvgIpc) is 2.67. The van der Waals surface area contributed by atoms with Crippen molar-refractivity contribution in [3.8, 4) is 5.75 Å². The van der Waals surface area contributed by atoms with Crippen LogP contribution in [0.2, 0.25) is 0 Å². The van der Waals surface area contributed by atoms with Crippen LogP contribution in [-0.2, 0) is 0 Å². The van der Waals surface area contributed by atoms with E-state index < -0.39 is 6.29 Å². The van der Waals surface area contributed by atoms with E-state index in [1.165, 1.54) is 0 Å². The highest BCUT2D eigenvalue weighted by Crippen LogP contribution is 2.37. The van der Waals surface area contributed by atoms with Crippen molar-refractivity contribution in [2.75, 3.05) is 19.6 Å². The standard InChI is InChI=1S/C15H23NO2/c1-3-9-16(10-4-2)11-13-12-7-5-6-8-14(12)18-15(13)17/h5-8,13,15,17H,3-4,9-11H2,1-2H3. The third-order valence-electron chi connectivity index (χ3n) is 3.44. The molecule has 0 fully saturated rings. The normalized spacial score (nSPS) is 22.0. The van der Waals surface area contributed by atoms with Crippen molar-refractivity contribution in [2.45, 2.75) is 38.9 Å². The van der Waals surface area contributed by atoms with Gasteiger partial charge in [0, 0.05) is 12.1 Å². The van der Waals surface area contributed by atoms with Crippen molar-refractivity contribution in [1.29, 1.82) is 0 Å². The Balaban J connectivity index is 2.08. The van der Waals surface area contributed by atoms with Crippen molar-refractivity contribution in [2.24, 2.45) is 0 Å². The summed E-state index contributed by atoms with van der Waals surface area (Å²) in [5.41, 5.74) is 1.14. The number of hydrogen-bond donors (Lipinski definition) is 1. The number of para-hydroxylation sites is 1. The molecule has 2 unspecified atom stereocenters. The van der Waals surface area contributed by atoms with Gasteiger partial charge >= 0.3 is 0 Å². The Hall–Kier alpha value is -1.06. The van der Waals surface area contributed by atoms with E-state index in [9.17, 15) is 5.11 Å². The Morgan fingerprint density at radius 1 is 1.17 bits per heavy atom. The summed E-state index contributed by atoms with van der Waals surface area (Å²) in [5, 5.41) is 10.0. The van der Waals surface area contributed by atoms with Gasteiger partial charge in [-0.2, -0.15) is 0 Å². The molecule has 1 N–H and O–H groups in total. The van der Waals surface area contributed by atoms with Crippen molar-refractivity contribution in [1.82, 2.24) is 4.90 Å². The van der Waals surface area contributed by atoms with Crippen LogP contribution in [0.25, 0.3) is 0 Å². The minimum Gasteiger partial charge on any atom is -0.464 e. The van der Waals surface area contributed by atoms with Crippen LogP contribution in [0.1, 0.15) is 38.2 Å². The summed E-state index contributed by atoms with van der Waals surface area (Å²) in [6, 6.07) is 7.95. The Morgan fingerprint density at radius 2 is 1.83 bits per heavy atom. The zero-order chi connectivity index (χ0) is 13.0. The van der Waals surface area contributed by atoms with Gasteiger partial charge in [-0.25, -0.2) is 0 Å². The van der Waals surface area contributed by atoms with E-state index in [1.54, 1.807) is 0 Å². The van der Waals surface area contributed by atoms with Crippen LogP contribution < -0.4 is 4.74 Å². The number of ether oxygens (including phenoxy) is 1. The highest BCUT2D eigenvalue weighted by atomic mass is 16.6. The molecule has 0 amide bonds. The van der Waals surface area contributed by atoms with Crippen LogP contribution >= 0.6 is 0 Å². The molecular weight excluding hydrogens is 226 g/mol.